The summed E-state index contributed by atoms with van der Waals surface area (Å²) in [6.07, 6.45) is 0.857. The van der Waals surface area contributed by atoms with Crippen LogP contribution in [-0.4, -0.2) is 11.1 Å². The Morgan fingerprint density at radius 1 is 1.56 bits per heavy atom. The number of carbonyl (C=O) groups is 1. The molecule has 1 unspecified atom stereocenters. The summed E-state index contributed by atoms with van der Waals surface area (Å²) in [7, 11) is 0. The van der Waals surface area contributed by atoms with Crippen molar-refractivity contribution < 1.29 is 14.3 Å². The minimum atomic E-state index is -0.851. The van der Waals surface area contributed by atoms with Gasteiger partial charge in [-0.1, -0.05) is 24.6 Å². The molecule has 0 aliphatic heterocycles. The molecule has 1 rings (SSSR count). The van der Waals surface area contributed by atoms with Crippen molar-refractivity contribution in [3.05, 3.63) is 34.6 Å². The zero-order valence-corrected chi connectivity index (χ0v) is 10.0. The molecule has 16 heavy (non-hydrogen) atoms. The average Bonchev–Trinajstić information content (AvgIpc) is 2.23. The number of carboxylic acid groups (broad SMARTS) is 1. The van der Waals surface area contributed by atoms with Gasteiger partial charge >= 0.3 is 5.97 Å². The minimum Gasteiger partial charge on any atom is -0.481 e. The van der Waals surface area contributed by atoms with E-state index in [1.807, 2.05) is 6.92 Å². The number of rotatable bonds is 4. The molecule has 0 amide bonds. The van der Waals surface area contributed by atoms with E-state index in [4.69, 9.17) is 16.7 Å². The maximum atomic E-state index is 12.9. The molecule has 1 aromatic carbocycles. The van der Waals surface area contributed by atoms with Gasteiger partial charge in [-0.05, 0) is 37.5 Å². The fourth-order valence-corrected chi connectivity index (χ4v) is 1.66. The number of halogens is 2. The summed E-state index contributed by atoms with van der Waals surface area (Å²) in [4.78, 5) is 11.1. The first-order valence-electron chi connectivity index (χ1n) is 5.06. The molecule has 88 valence electrons. The van der Waals surface area contributed by atoms with Gasteiger partial charge in [-0.15, -0.1) is 0 Å². The molecule has 0 saturated heterocycles. The Hall–Kier alpha value is -1.09. The van der Waals surface area contributed by atoms with Crippen molar-refractivity contribution in [2.45, 2.75) is 26.7 Å². The molecular formula is C12H14ClFO2. The fourth-order valence-electron chi connectivity index (χ4n) is 1.45. The summed E-state index contributed by atoms with van der Waals surface area (Å²) in [5, 5.41) is 9.14. The van der Waals surface area contributed by atoms with Gasteiger partial charge < -0.3 is 5.11 Å². The SMILES string of the molecule is CCC(C)(Cc1ccc(F)c(Cl)c1)C(=O)O. The van der Waals surface area contributed by atoms with Crippen molar-refractivity contribution in [2.24, 2.45) is 5.41 Å². The quantitative estimate of drug-likeness (QED) is 0.880. The molecule has 0 aliphatic rings. The fraction of sp³-hybridized carbons (Fsp3) is 0.417. The van der Waals surface area contributed by atoms with E-state index in [0.29, 0.717) is 12.8 Å². The van der Waals surface area contributed by atoms with Crippen LogP contribution in [-0.2, 0) is 11.2 Å². The second kappa shape index (κ2) is 4.83. The predicted octanol–water partition coefficient (Wildman–Crippen LogP) is 3.52. The Bertz CT molecular complexity index is 406. The molecule has 0 spiro atoms. The lowest BCUT2D eigenvalue weighted by Gasteiger charge is -2.23. The maximum absolute atomic E-state index is 12.9. The van der Waals surface area contributed by atoms with E-state index >= 15 is 0 Å². The first-order chi connectivity index (χ1) is 7.39. The van der Waals surface area contributed by atoms with Gasteiger partial charge in [-0.25, -0.2) is 4.39 Å². The van der Waals surface area contributed by atoms with Gasteiger partial charge in [0.2, 0.25) is 0 Å². The molecule has 0 aliphatic carbocycles. The number of benzene rings is 1. The minimum absolute atomic E-state index is 0.0290. The zero-order chi connectivity index (χ0) is 12.3. The molecule has 0 aromatic heterocycles. The van der Waals surface area contributed by atoms with Crippen LogP contribution in [0.15, 0.2) is 18.2 Å². The number of hydrogen-bond donors (Lipinski definition) is 1. The molecule has 2 nitrogen and oxygen atoms in total. The van der Waals surface area contributed by atoms with Gasteiger partial charge in [0.25, 0.3) is 0 Å². The highest BCUT2D eigenvalue weighted by atomic mass is 35.5. The number of carboxylic acids is 1. The summed E-state index contributed by atoms with van der Waals surface area (Å²) in [6.45, 7) is 3.49. The zero-order valence-electron chi connectivity index (χ0n) is 9.26. The molecule has 4 heteroatoms. The van der Waals surface area contributed by atoms with E-state index in [0.717, 1.165) is 5.56 Å². The van der Waals surface area contributed by atoms with Gasteiger partial charge in [0.05, 0.1) is 10.4 Å². The van der Waals surface area contributed by atoms with Gasteiger partial charge in [-0.2, -0.15) is 0 Å². The van der Waals surface area contributed by atoms with E-state index in [-0.39, 0.29) is 5.02 Å². The first-order valence-corrected chi connectivity index (χ1v) is 5.44. The second-order valence-corrected chi connectivity index (χ2v) is 4.55. The highest BCUT2D eigenvalue weighted by Gasteiger charge is 2.31. The topological polar surface area (TPSA) is 37.3 Å². The van der Waals surface area contributed by atoms with Crippen molar-refractivity contribution in [1.29, 1.82) is 0 Å². The third-order valence-corrected chi connectivity index (χ3v) is 3.16. The highest BCUT2D eigenvalue weighted by molar-refractivity contribution is 6.30. The number of hydrogen-bond acceptors (Lipinski definition) is 1. The Morgan fingerprint density at radius 3 is 2.62 bits per heavy atom. The van der Waals surface area contributed by atoms with Crippen LogP contribution in [0.25, 0.3) is 0 Å². The summed E-state index contributed by atoms with van der Waals surface area (Å²) < 4.78 is 12.9. The van der Waals surface area contributed by atoms with Crippen molar-refractivity contribution in [3.63, 3.8) is 0 Å². The highest BCUT2D eigenvalue weighted by Crippen LogP contribution is 2.28. The molecule has 0 saturated carbocycles. The normalized spacial score (nSPS) is 14.5. The van der Waals surface area contributed by atoms with Crippen LogP contribution in [0.3, 0.4) is 0 Å². The number of aliphatic carboxylic acids is 1. The van der Waals surface area contributed by atoms with E-state index < -0.39 is 17.2 Å². The Labute approximate surface area is 99.0 Å². The lowest BCUT2D eigenvalue weighted by atomic mass is 9.81. The van der Waals surface area contributed by atoms with Gasteiger partial charge in [0.1, 0.15) is 5.82 Å². The van der Waals surface area contributed by atoms with Crippen molar-refractivity contribution in [3.8, 4) is 0 Å². The Morgan fingerprint density at radius 2 is 2.19 bits per heavy atom. The lowest BCUT2D eigenvalue weighted by Crippen LogP contribution is -2.29. The van der Waals surface area contributed by atoms with E-state index in [9.17, 15) is 9.18 Å². The molecule has 0 bridgehead atoms. The monoisotopic (exact) mass is 244 g/mol. The molecule has 1 atom stereocenters. The summed E-state index contributed by atoms with van der Waals surface area (Å²) in [6, 6.07) is 4.31. The van der Waals surface area contributed by atoms with E-state index in [1.165, 1.54) is 12.1 Å². The van der Waals surface area contributed by atoms with E-state index in [2.05, 4.69) is 0 Å². The third-order valence-electron chi connectivity index (χ3n) is 2.87. The molecule has 1 N–H and O–H groups in total. The van der Waals surface area contributed by atoms with Crippen molar-refractivity contribution in [2.75, 3.05) is 0 Å². The summed E-state index contributed by atoms with van der Waals surface area (Å²) in [5.41, 5.74) is -0.0978. The second-order valence-electron chi connectivity index (χ2n) is 4.14. The van der Waals surface area contributed by atoms with Crippen LogP contribution in [0.2, 0.25) is 5.02 Å². The molecule has 0 heterocycles. The lowest BCUT2D eigenvalue weighted by molar-refractivity contribution is -0.148. The first kappa shape index (κ1) is 13.0. The van der Waals surface area contributed by atoms with Gasteiger partial charge in [0, 0.05) is 0 Å². The van der Waals surface area contributed by atoms with Crippen LogP contribution < -0.4 is 0 Å². The molecule has 0 fully saturated rings. The Balaban J connectivity index is 2.95. The molecular weight excluding hydrogens is 231 g/mol. The maximum Gasteiger partial charge on any atom is 0.309 e. The smallest absolute Gasteiger partial charge is 0.309 e. The van der Waals surface area contributed by atoms with Gasteiger partial charge in [-0.3, -0.25) is 4.79 Å². The Kier molecular flexibility index (Phi) is 3.92. The predicted molar refractivity (Wildman–Crippen MR) is 61.1 cm³/mol. The van der Waals surface area contributed by atoms with E-state index in [1.54, 1.807) is 13.0 Å². The summed E-state index contributed by atoms with van der Waals surface area (Å²) in [5.74, 6) is -1.34. The largest absolute Gasteiger partial charge is 0.481 e. The van der Waals surface area contributed by atoms with Crippen LogP contribution in [0.4, 0.5) is 4.39 Å². The molecule has 0 radical (unpaired) electrons. The van der Waals surface area contributed by atoms with Crippen molar-refractivity contribution in [1.82, 2.24) is 0 Å². The molecule has 1 aromatic rings. The van der Waals surface area contributed by atoms with Crippen LogP contribution in [0.1, 0.15) is 25.8 Å². The standard InChI is InChI=1S/C12H14ClFO2/c1-3-12(2,11(15)16)7-8-4-5-10(14)9(13)6-8/h4-6H,3,7H2,1-2H3,(H,15,16). The third kappa shape index (κ3) is 2.73. The van der Waals surface area contributed by atoms with Crippen LogP contribution >= 0.6 is 11.6 Å². The van der Waals surface area contributed by atoms with Crippen LogP contribution in [0, 0.1) is 11.2 Å². The average molecular weight is 245 g/mol. The summed E-state index contributed by atoms with van der Waals surface area (Å²) >= 11 is 5.64. The van der Waals surface area contributed by atoms with Crippen LogP contribution in [0.5, 0.6) is 0 Å². The van der Waals surface area contributed by atoms with Crippen molar-refractivity contribution >= 4 is 17.6 Å². The van der Waals surface area contributed by atoms with Gasteiger partial charge in [0.15, 0.2) is 0 Å².